The van der Waals surface area contributed by atoms with Gasteiger partial charge in [0.15, 0.2) is 11.6 Å². The summed E-state index contributed by atoms with van der Waals surface area (Å²) in [5.41, 5.74) is -1.90. The van der Waals surface area contributed by atoms with Crippen LogP contribution in [0.1, 0.15) is 70.3 Å². The van der Waals surface area contributed by atoms with E-state index in [4.69, 9.17) is 5.11 Å². The molecule has 3 rings (SSSR count). The number of amides is 3. The summed E-state index contributed by atoms with van der Waals surface area (Å²) in [4.78, 5) is 28.5. The van der Waals surface area contributed by atoms with E-state index in [1.165, 1.54) is 18.6 Å². The summed E-state index contributed by atoms with van der Waals surface area (Å²) in [7, 11) is 1.86. The molecule has 3 atom stereocenters. The maximum absolute atomic E-state index is 15.0. The molecule has 1 saturated heterocycles. The molecule has 8 nitrogen and oxygen atoms in total. The minimum absolute atomic E-state index is 0.0115. The van der Waals surface area contributed by atoms with E-state index in [-0.39, 0.29) is 49.6 Å². The largest absolute Gasteiger partial charge is 0.465 e. The zero-order valence-corrected chi connectivity index (χ0v) is 22.0. The average molecular weight is 525 g/mol. The Morgan fingerprint density at radius 3 is 2.59 bits per heavy atom. The summed E-state index contributed by atoms with van der Waals surface area (Å²) in [5, 5.41) is 26.2. The van der Waals surface area contributed by atoms with Gasteiger partial charge in [0.2, 0.25) is 0 Å². The molecule has 4 N–H and O–H groups in total. The molecule has 1 heterocycles. The molecule has 208 valence electrons. The quantitative estimate of drug-likeness (QED) is 0.342. The summed E-state index contributed by atoms with van der Waals surface area (Å²) in [6.45, 7) is 3.52. The highest BCUT2D eigenvalue weighted by atomic mass is 19.2. The number of carbonyl (C=O) groups excluding carboxylic acids is 1. The lowest BCUT2D eigenvalue weighted by atomic mass is 9.74. The Kier molecular flexibility index (Phi) is 10.5. The van der Waals surface area contributed by atoms with Crippen LogP contribution in [0.2, 0.25) is 0 Å². The van der Waals surface area contributed by atoms with Crippen LogP contribution in [-0.4, -0.2) is 77.4 Å². The van der Waals surface area contributed by atoms with Crippen molar-refractivity contribution < 1.29 is 28.6 Å². The van der Waals surface area contributed by atoms with E-state index in [1.807, 2.05) is 18.9 Å². The molecule has 3 amide bonds. The summed E-state index contributed by atoms with van der Waals surface area (Å²) >= 11 is 0. The number of aliphatic hydroxyl groups is 1. The highest BCUT2D eigenvalue weighted by molar-refractivity contribution is 5.75. The maximum Gasteiger partial charge on any atom is 0.404 e. The van der Waals surface area contributed by atoms with Crippen LogP contribution >= 0.6 is 0 Å². The molecule has 2 aliphatic rings. The van der Waals surface area contributed by atoms with E-state index >= 15 is 0 Å². The fourth-order valence-corrected chi connectivity index (χ4v) is 6.11. The van der Waals surface area contributed by atoms with Crippen LogP contribution in [0.4, 0.5) is 18.4 Å². The maximum atomic E-state index is 15.0. The zero-order chi connectivity index (χ0) is 27.0. The highest BCUT2D eigenvalue weighted by Gasteiger charge is 2.44. The first-order valence-electron chi connectivity index (χ1n) is 13.5. The number of carboxylic acid groups (broad SMARTS) is 1. The summed E-state index contributed by atoms with van der Waals surface area (Å²) in [6.07, 6.45) is 5.53. The molecule has 10 heteroatoms. The lowest BCUT2D eigenvalue weighted by Crippen LogP contribution is -2.58. The van der Waals surface area contributed by atoms with Crippen molar-refractivity contribution in [3.05, 3.63) is 35.4 Å². The van der Waals surface area contributed by atoms with Gasteiger partial charge in [-0.2, -0.15) is 0 Å². The molecule has 0 bridgehead atoms. The molecule has 1 aliphatic heterocycles. The fourth-order valence-electron chi connectivity index (χ4n) is 6.11. The van der Waals surface area contributed by atoms with Crippen LogP contribution in [0, 0.1) is 17.6 Å². The molecule has 0 aromatic heterocycles. The first kappa shape index (κ1) is 29.1. The lowest BCUT2D eigenvalue weighted by molar-refractivity contribution is -0.0605. The highest BCUT2D eigenvalue weighted by Crippen LogP contribution is 2.41. The average Bonchev–Trinajstić information content (AvgIpc) is 2.89. The number of carbonyl (C=O) groups is 2. The first-order chi connectivity index (χ1) is 17.7. The molecule has 1 aromatic carbocycles. The van der Waals surface area contributed by atoms with Gasteiger partial charge in [-0.05, 0) is 58.6 Å². The zero-order valence-electron chi connectivity index (χ0n) is 22.0. The van der Waals surface area contributed by atoms with Gasteiger partial charge in [0.25, 0.3) is 0 Å². The van der Waals surface area contributed by atoms with Gasteiger partial charge in [0, 0.05) is 49.7 Å². The van der Waals surface area contributed by atoms with Crippen LogP contribution in [-0.2, 0) is 5.60 Å². The van der Waals surface area contributed by atoms with Gasteiger partial charge in [0.1, 0.15) is 0 Å². The second-order valence-electron chi connectivity index (χ2n) is 10.5. The van der Waals surface area contributed by atoms with E-state index in [0.717, 1.165) is 31.7 Å². The molecule has 1 aromatic rings. The standard InChI is InChI=1S/C27H42F2N4O4/c1-19(17-30-2)33(21-10-4-3-5-11-21)26(36)32-16-7-9-20(18-32)27(37,14-8-15-31-25(34)35)22-12-6-13-23(28)24(22)29/h6,12-13,19-21,30-31,37H,3-5,7-11,14-18H2,1-2H3,(H,34,35)/t19?,20-,27+/m1/s1. The second kappa shape index (κ2) is 13.4. The van der Waals surface area contributed by atoms with E-state index in [1.54, 1.807) is 4.90 Å². The SMILES string of the molecule is CNCC(C)N(C(=O)N1CCC[C@@H]([C@@](O)(CCCNC(=O)O)c2cccc(F)c2F)C1)C1CCCCC1. The van der Waals surface area contributed by atoms with Gasteiger partial charge in [-0.1, -0.05) is 31.4 Å². The predicted molar refractivity (Wildman–Crippen MR) is 137 cm³/mol. The molecule has 0 radical (unpaired) electrons. The van der Waals surface area contributed by atoms with Crippen molar-refractivity contribution in [2.75, 3.05) is 33.2 Å². The summed E-state index contributed by atoms with van der Waals surface area (Å²) in [5.74, 6) is -2.68. The minimum Gasteiger partial charge on any atom is -0.465 e. The Labute approximate surface area is 218 Å². The summed E-state index contributed by atoms with van der Waals surface area (Å²) in [6, 6.07) is 3.83. The van der Waals surface area contributed by atoms with Crippen molar-refractivity contribution in [3.63, 3.8) is 0 Å². The molecule has 2 fully saturated rings. The third kappa shape index (κ3) is 7.10. The number of rotatable bonds is 10. The third-order valence-electron chi connectivity index (χ3n) is 7.96. The van der Waals surface area contributed by atoms with Gasteiger partial charge in [0.05, 0.1) is 5.60 Å². The molecule has 1 unspecified atom stereocenters. The Morgan fingerprint density at radius 2 is 1.92 bits per heavy atom. The van der Waals surface area contributed by atoms with Crippen LogP contribution in [0.15, 0.2) is 18.2 Å². The monoisotopic (exact) mass is 524 g/mol. The number of nitrogens with zero attached hydrogens (tertiary/aromatic N) is 2. The number of benzene rings is 1. The van der Waals surface area contributed by atoms with Gasteiger partial charge in [-0.3, -0.25) is 0 Å². The summed E-state index contributed by atoms with van der Waals surface area (Å²) < 4.78 is 29.2. The lowest BCUT2D eigenvalue weighted by Gasteiger charge is -2.46. The van der Waals surface area contributed by atoms with Crippen molar-refractivity contribution in [1.29, 1.82) is 0 Å². The van der Waals surface area contributed by atoms with Crippen molar-refractivity contribution in [2.45, 2.75) is 82.4 Å². The normalized spacial score (nSPS) is 21.2. The number of likely N-dealkylation sites (tertiary alicyclic amines) is 1. The molecular formula is C27H42F2N4O4. The van der Waals surface area contributed by atoms with Crippen molar-refractivity contribution in [1.82, 2.24) is 20.4 Å². The number of piperidine rings is 1. The van der Waals surface area contributed by atoms with Crippen LogP contribution < -0.4 is 10.6 Å². The van der Waals surface area contributed by atoms with E-state index in [2.05, 4.69) is 10.6 Å². The van der Waals surface area contributed by atoms with Crippen LogP contribution in [0.5, 0.6) is 0 Å². The smallest absolute Gasteiger partial charge is 0.404 e. The van der Waals surface area contributed by atoms with Crippen molar-refractivity contribution >= 4 is 12.1 Å². The number of hydrogen-bond donors (Lipinski definition) is 4. The van der Waals surface area contributed by atoms with Gasteiger partial charge < -0.3 is 30.6 Å². The fraction of sp³-hybridized carbons (Fsp3) is 0.704. The van der Waals surface area contributed by atoms with Gasteiger partial charge in [-0.25, -0.2) is 18.4 Å². The van der Waals surface area contributed by atoms with E-state index < -0.39 is 29.2 Å². The Morgan fingerprint density at radius 1 is 1.19 bits per heavy atom. The molecule has 0 spiro atoms. The number of halogens is 2. The minimum atomic E-state index is -1.75. The predicted octanol–water partition coefficient (Wildman–Crippen LogP) is 4.27. The van der Waals surface area contributed by atoms with E-state index in [9.17, 15) is 23.5 Å². The molecule has 37 heavy (non-hydrogen) atoms. The third-order valence-corrected chi connectivity index (χ3v) is 7.96. The van der Waals surface area contributed by atoms with Crippen LogP contribution in [0.3, 0.4) is 0 Å². The number of likely N-dealkylation sites (N-methyl/N-ethyl adjacent to an activating group) is 1. The topological polar surface area (TPSA) is 105 Å². The second-order valence-corrected chi connectivity index (χ2v) is 10.5. The Balaban J connectivity index is 1.85. The van der Waals surface area contributed by atoms with Gasteiger partial charge in [-0.15, -0.1) is 0 Å². The van der Waals surface area contributed by atoms with Crippen LogP contribution in [0.25, 0.3) is 0 Å². The molecular weight excluding hydrogens is 482 g/mol. The van der Waals surface area contributed by atoms with Crippen molar-refractivity contribution in [2.24, 2.45) is 5.92 Å². The Bertz CT molecular complexity index is 914. The number of nitrogens with one attached hydrogen (secondary N) is 2. The number of hydrogen-bond acceptors (Lipinski definition) is 4. The van der Waals surface area contributed by atoms with Crippen molar-refractivity contribution in [3.8, 4) is 0 Å². The molecule has 1 aliphatic carbocycles. The van der Waals surface area contributed by atoms with Gasteiger partial charge >= 0.3 is 12.1 Å². The van der Waals surface area contributed by atoms with E-state index in [0.29, 0.717) is 25.9 Å². The number of urea groups is 1. The Hall–Kier alpha value is -2.46. The first-order valence-corrected chi connectivity index (χ1v) is 13.5. The molecule has 1 saturated carbocycles.